The van der Waals surface area contributed by atoms with Gasteiger partial charge in [-0.25, -0.2) is 0 Å². The Morgan fingerprint density at radius 2 is 1.62 bits per heavy atom. The molecular formula is C17H19ClO2S. The van der Waals surface area contributed by atoms with Gasteiger partial charge in [0, 0.05) is 16.2 Å². The minimum absolute atomic E-state index is 0.0295. The summed E-state index contributed by atoms with van der Waals surface area (Å²) in [6, 6.07) is 17.1. The molecule has 0 aromatic heterocycles. The monoisotopic (exact) mass is 322 g/mol. The van der Waals surface area contributed by atoms with E-state index in [2.05, 4.69) is 0 Å². The van der Waals surface area contributed by atoms with Crippen molar-refractivity contribution in [1.29, 1.82) is 0 Å². The number of thioether (sulfide) groups is 1. The number of hydrogen-bond donors (Lipinski definition) is 2. The van der Waals surface area contributed by atoms with E-state index < -0.39 is 6.10 Å². The molecule has 3 atom stereocenters. The number of rotatable bonds is 6. The maximum absolute atomic E-state index is 10.6. The van der Waals surface area contributed by atoms with E-state index in [1.165, 1.54) is 0 Å². The Labute approximate surface area is 134 Å². The summed E-state index contributed by atoms with van der Waals surface area (Å²) < 4.78 is 0. The third kappa shape index (κ3) is 4.01. The predicted molar refractivity (Wildman–Crippen MR) is 89.7 cm³/mol. The Bertz CT molecular complexity index is 544. The fourth-order valence-corrected chi connectivity index (χ4v) is 3.61. The largest absolute Gasteiger partial charge is 0.396 e. The average molecular weight is 323 g/mol. The number of aliphatic hydroxyl groups excluding tert-OH is 2. The van der Waals surface area contributed by atoms with Crippen molar-refractivity contribution in [2.24, 2.45) is 5.92 Å². The molecule has 0 unspecified atom stereocenters. The molecule has 0 aliphatic carbocycles. The highest BCUT2D eigenvalue weighted by Crippen LogP contribution is 2.40. The van der Waals surface area contributed by atoms with Gasteiger partial charge in [0.1, 0.15) is 0 Å². The summed E-state index contributed by atoms with van der Waals surface area (Å²) in [6.07, 6.45) is 1.26. The van der Waals surface area contributed by atoms with Crippen molar-refractivity contribution in [2.45, 2.75) is 11.4 Å². The fourth-order valence-electron chi connectivity index (χ4n) is 2.47. The first kappa shape index (κ1) is 16.4. The van der Waals surface area contributed by atoms with Crippen LogP contribution in [0.1, 0.15) is 22.5 Å². The van der Waals surface area contributed by atoms with Gasteiger partial charge in [-0.2, -0.15) is 11.8 Å². The molecule has 21 heavy (non-hydrogen) atoms. The Kier molecular flexibility index (Phi) is 6.12. The lowest BCUT2D eigenvalue weighted by atomic mass is 9.90. The van der Waals surface area contributed by atoms with Gasteiger partial charge in [-0.05, 0) is 29.5 Å². The van der Waals surface area contributed by atoms with Gasteiger partial charge < -0.3 is 10.2 Å². The number of halogens is 1. The van der Waals surface area contributed by atoms with Gasteiger partial charge >= 0.3 is 0 Å². The van der Waals surface area contributed by atoms with Crippen LogP contribution in [0.3, 0.4) is 0 Å². The minimum atomic E-state index is -0.732. The van der Waals surface area contributed by atoms with Crippen molar-refractivity contribution in [3.63, 3.8) is 0 Å². The van der Waals surface area contributed by atoms with Crippen molar-refractivity contribution in [3.05, 3.63) is 70.7 Å². The molecule has 2 rings (SSSR count). The summed E-state index contributed by atoms with van der Waals surface area (Å²) in [7, 11) is 0. The van der Waals surface area contributed by atoms with Crippen molar-refractivity contribution in [1.82, 2.24) is 0 Å². The quantitative estimate of drug-likeness (QED) is 0.841. The average Bonchev–Trinajstić information content (AvgIpc) is 2.53. The van der Waals surface area contributed by atoms with Gasteiger partial charge in [0.15, 0.2) is 0 Å². The van der Waals surface area contributed by atoms with Crippen molar-refractivity contribution >= 4 is 23.4 Å². The van der Waals surface area contributed by atoms with Gasteiger partial charge in [-0.3, -0.25) is 0 Å². The second-order valence-electron chi connectivity index (χ2n) is 4.91. The molecule has 0 amide bonds. The molecule has 2 nitrogen and oxygen atoms in total. The number of hydrogen-bond acceptors (Lipinski definition) is 3. The van der Waals surface area contributed by atoms with Crippen LogP contribution in [0.5, 0.6) is 0 Å². The molecule has 0 aliphatic rings. The zero-order valence-corrected chi connectivity index (χ0v) is 13.4. The molecule has 0 fully saturated rings. The first-order valence-electron chi connectivity index (χ1n) is 6.79. The van der Waals surface area contributed by atoms with Gasteiger partial charge in [-0.15, -0.1) is 0 Å². The summed E-state index contributed by atoms with van der Waals surface area (Å²) in [5, 5.41) is 21.1. The molecular weight excluding hydrogens is 304 g/mol. The predicted octanol–water partition coefficient (Wildman–Crippen LogP) is 4.09. The van der Waals surface area contributed by atoms with E-state index in [-0.39, 0.29) is 17.8 Å². The summed E-state index contributed by atoms with van der Waals surface area (Å²) in [5.74, 6) is -0.274. The number of aliphatic hydroxyl groups is 2. The van der Waals surface area contributed by atoms with Crippen LogP contribution in [-0.2, 0) is 0 Å². The summed E-state index contributed by atoms with van der Waals surface area (Å²) in [5.41, 5.74) is 1.88. The molecule has 0 spiro atoms. The normalized spacial score (nSPS) is 15.4. The Morgan fingerprint density at radius 3 is 2.14 bits per heavy atom. The molecule has 2 aromatic rings. The zero-order valence-electron chi connectivity index (χ0n) is 11.8. The third-order valence-electron chi connectivity index (χ3n) is 3.60. The smallest absolute Gasteiger partial charge is 0.0854 e. The van der Waals surface area contributed by atoms with Gasteiger partial charge in [0.2, 0.25) is 0 Å². The summed E-state index contributed by atoms with van der Waals surface area (Å²) >= 11 is 7.52. The van der Waals surface area contributed by atoms with Crippen molar-refractivity contribution in [2.75, 3.05) is 12.9 Å². The first-order chi connectivity index (χ1) is 10.2. The Balaban J connectivity index is 2.26. The van der Waals surface area contributed by atoms with Crippen LogP contribution < -0.4 is 0 Å². The second-order valence-corrected chi connectivity index (χ2v) is 6.33. The summed E-state index contributed by atoms with van der Waals surface area (Å²) in [6.45, 7) is -0.0792. The van der Waals surface area contributed by atoms with Crippen LogP contribution in [0, 0.1) is 5.92 Å². The van der Waals surface area contributed by atoms with E-state index in [4.69, 9.17) is 11.6 Å². The van der Waals surface area contributed by atoms with Crippen LogP contribution in [0.2, 0.25) is 5.02 Å². The van der Waals surface area contributed by atoms with Crippen LogP contribution in [-0.4, -0.2) is 23.1 Å². The highest BCUT2D eigenvalue weighted by Gasteiger charge is 2.29. The highest BCUT2D eigenvalue weighted by molar-refractivity contribution is 7.98. The molecule has 2 N–H and O–H groups in total. The summed E-state index contributed by atoms with van der Waals surface area (Å²) in [4.78, 5) is 0. The van der Waals surface area contributed by atoms with E-state index in [1.807, 2.05) is 36.6 Å². The van der Waals surface area contributed by atoms with Crippen LogP contribution in [0.4, 0.5) is 0 Å². The van der Waals surface area contributed by atoms with Gasteiger partial charge in [0.25, 0.3) is 0 Å². The Morgan fingerprint density at radius 1 is 1.00 bits per heavy atom. The molecule has 0 saturated heterocycles. The van der Waals surface area contributed by atoms with Crippen molar-refractivity contribution < 1.29 is 10.2 Å². The highest BCUT2D eigenvalue weighted by atomic mass is 35.5. The van der Waals surface area contributed by atoms with Gasteiger partial charge in [-0.1, -0.05) is 54.1 Å². The lowest BCUT2D eigenvalue weighted by Crippen LogP contribution is -2.22. The molecule has 4 heteroatoms. The topological polar surface area (TPSA) is 40.5 Å². The Hall–Kier alpha value is -1.00. The molecule has 112 valence electrons. The first-order valence-corrected chi connectivity index (χ1v) is 8.46. The van der Waals surface area contributed by atoms with E-state index in [9.17, 15) is 10.2 Å². The molecule has 0 heterocycles. The van der Waals surface area contributed by atoms with E-state index in [0.717, 1.165) is 11.1 Å². The maximum Gasteiger partial charge on any atom is 0.0854 e. The van der Waals surface area contributed by atoms with Crippen LogP contribution in [0.15, 0.2) is 54.6 Å². The maximum atomic E-state index is 10.6. The van der Waals surface area contributed by atoms with Crippen LogP contribution in [0.25, 0.3) is 0 Å². The standard InChI is InChI=1S/C17H19ClO2S/c1-21-17(13-5-3-2-4-6-13)15(11-19)16(20)12-7-9-14(18)10-8-12/h2-10,15-17,19-20H,11H2,1H3/t15-,16-,17-/m0/s1. The molecule has 2 aromatic carbocycles. The zero-order chi connectivity index (χ0) is 15.2. The van der Waals surface area contributed by atoms with E-state index in [0.29, 0.717) is 5.02 Å². The second kappa shape index (κ2) is 7.85. The minimum Gasteiger partial charge on any atom is -0.396 e. The molecule has 0 aliphatic heterocycles. The van der Waals surface area contributed by atoms with E-state index in [1.54, 1.807) is 36.0 Å². The lowest BCUT2D eigenvalue weighted by Gasteiger charge is -2.29. The molecule has 0 radical (unpaired) electrons. The van der Waals surface area contributed by atoms with Crippen LogP contribution >= 0.6 is 23.4 Å². The van der Waals surface area contributed by atoms with Crippen molar-refractivity contribution in [3.8, 4) is 0 Å². The SMILES string of the molecule is CS[C@@H](c1ccccc1)[C@@H](CO)[C@@H](O)c1ccc(Cl)cc1. The van der Waals surface area contributed by atoms with Gasteiger partial charge in [0.05, 0.1) is 12.7 Å². The third-order valence-corrected chi connectivity index (χ3v) is 4.98. The molecule has 0 bridgehead atoms. The number of benzene rings is 2. The lowest BCUT2D eigenvalue weighted by molar-refractivity contribution is 0.0653. The fraction of sp³-hybridized carbons (Fsp3) is 0.294. The van der Waals surface area contributed by atoms with E-state index >= 15 is 0 Å². The molecule has 0 saturated carbocycles.